The summed E-state index contributed by atoms with van der Waals surface area (Å²) in [5, 5.41) is 17.2. The number of nitrogens with zero attached hydrogens (tertiary/aromatic N) is 1. The topological polar surface area (TPSA) is 89.9 Å². The van der Waals surface area contributed by atoms with Crippen LogP contribution in [0.2, 0.25) is 0 Å². The van der Waals surface area contributed by atoms with E-state index in [1.165, 1.54) is 6.07 Å². The highest BCUT2D eigenvalue weighted by molar-refractivity contribution is 5.74. The third-order valence-electron chi connectivity index (χ3n) is 0.393. The maximum atomic E-state index is 9.47. The van der Waals surface area contributed by atoms with Crippen LogP contribution in [0.15, 0.2) is 0 Å². The molecule has 0 fully saturated rings. The van der Waals surface area contributed by atoms with Crippen LogP contribution in [-0.4, -0.2) is 12.0 Å². The zero-order chi connectivity index (χ0) is 5.86. The van der Waals surface area contributed by atoms with Gasteiger partial charge in [0.1, 0.15) is 6.04 Å². The molecule has 0 aliphatic rings. The average molecular weight is 99.1 g/mol. The molecule has 0 bridgehead atoms. The fourth-order valence-electron chi connectivity index (χ4n) is 0.0527. The largest absolute Gasteiger partial charge is 0.547 e. The van der Waals surface area contributed by atoms with E-state index >= 15 is 0 Å². The van der Waals surface area contributed by atoms with Crippen LogP contribution in [0.1, 0.15) is 0 Å². The molecule has 0 aliphatic carbocycles. The Bertz CT molecular complexity index is 115. The predicted molar refractivity (Wildman–Crippen MR) is 18.6 cm³/mol. The summed E-state index contributed by atoms with van der Waals surface area (Å²) in [5.41, 5.74) is 4.59. The van der Waals surface area contributed by atoms with Crippen molar-refractivity contribution in [2.24, 2.45) is 5.73 Å². The van der Waals surface area contributed by atoms with Crippen LogP contribution in [0.4, 0.5) is 0 Å². The third kappa shape index (κ3) is 1.73. The first-order valence-corrected chi connectivity index (χ1v) is 1.54. The zero-order valence-electron chi connectivity index (χ0n) is 3.42. The summed E-state index contributed by atoms with van der Waals surface area (Å²) in [4.78, 5) is 9.47. The zero-order valence-corrected chi connectivity index (χ0v) is 3.42. The maximum absolute atomic E-state index is 9.47. The van der Waals surface area contributed by atoms with Crippen molar-refractivity contribution in [1.29, 1.82) is 5.26 Å². The smallest absolute Gasteiger partial charge is 0.133 e. The summed E-state index contributed by atoms with van der Waals surface area (Å²) in [6, 6.07) is -0.206. The molecule has 4 nitrogen and oxygen atoms in total. The predicted octanol–water partition coefficient (Wildman–Crippen LogP) is -2.41. The van der Waals surface area contributed by atoms with Crippen molar-refractivity contribution in [1.82, 2.24) is 0 Å². The van der Waals surface area contributed by atoms with Crippen LogP contribution in [-0.2, 0) is 4.79 Å². The second-order valence-electron chi connectivity index (χ2n) is 0.926. The van der Waals surface area contributed by atoms with Crippen molar-refractivity contribution in [3.63, 3.8) is 0 Å². The van der Waals surface area contributed by atoms with Gasteiger partial charge in [-0.1, -0.05) is 0 Å². The summed E-state index contributed by atoms with van der Waals surface area (Å²) in [5.74, 6) is -1.54. The van der Waals surface area contributed by atoms with Gasteiger partial charge in [-0.05, 0) is 0 Å². The van der Waals surface area contributed by atoms with Gasteiger partial charge in [-0.15, -0.1) is 0 Å². The summed E-state index contributed by atoms with van der Waals surface area (Å²) in [6.07, 6.45) is 0. The molecule has 7 heavy (non-hydrogen) atoms. The quantitative estimate of drug-likeness (QED) is 0.396. The van der Waals surface area contributed by atoms with Crippen molar-refractivity contribution in [2.45, 2.75) is 6.04 Å². The number of carbonyl (C=O) groups is 1. The number of nitrogens with two attached hydrogens (primary N) is 1. The normalized spacial score (nSPS) is 12.0. The molecule has 0 aromatic heterocycles. The summed E-state index contributed by atoms with van der Waals surface area (Å²) in [6.45, 7) is 0. The van der Waals surface area contributed by atoms with Crippen LogP contribution in [0.25, 0.3) is 0 Å². The number of hydrogen-bond acceptors (Lipinski definition) is 4. The van der Waals surface area contributed by atoms with Crippen LogP contribution in [0.5, 0.6) is 0 Å². The Kier molecular flexibility index (Phi) is 1.82. The van der Waals surface area contributed by atoms with Crippen molar-refractivity contribution in [2.75, 3.05) is 0 Å². The highest BCUT2D eigenvalue weighted by atomic mass is 16.4. The van der Waals surface area contributed by atoms with Crippen LogP contribution < -0.4 is 10.8 Å². The lowest BCUT2D eigenvalue weighted by molar-refractivity contribution is -0.305. The van der Waals surface area contributed by atoms with Gasteiger partial charge in [0, 0.05) is 0 Å². The number of hydrogen-bond donors (Lipinski definition) is 1. The Morgan fingerprint density at radius 2 is 2.43 bits per heavy atom. The van der Waals surface area contributed by atoms with Crippen molar-refractivity contribution < 1.29 is 9.90 Å². The first-order chi connectivity index (χ1) is 3.18. The number of carboxylic acids is 1. The molecular formula is C3H3N2O2-. The summed E-state index contributed by atoms with van der Waals surface area (Å²) < 4.78 is 0. The van der Waals surface area contributed by atoms with Gasteiger partial charge >= 0.3 is 0 Å². The Labute approximate surface area is 40.2 Å². The number of nitriles is 1. The van der Waals surface area contributed by atoms with E-state index in [0.29, 0.717) is 0 Å². The van der Waals surface area contributed by atoms with Gasteiger partial charge in [0.25, 0.3) is 0 Å². The first-order valence-electron chi connectivity index (χ1n) is 1.54. The number of carboxylic acid groups (broad SMARTS) is 1. The third-order valence-corrected chi connectivity index (χ3v) is 0.393. The number of rotatable bonds is 1. The lowest BCUT2D eigenvalue weighted by Crippen LogP contribution is -2.40. The van der Waals surface area contributed by atoms with E-state index in [1.807, 2.05) is 0 Å². The molecule has 0 unspecified atom stereocenters. The lowest BCUT2D eigenvalue weighted by atomic mass is 10.4. The van der Waals surface area contributed by atoms with E-state index in [2.05, 4.69) is 5.73 Å². The standard InChI is InChI=1S/C3H4N2O2/c4-1-2(5)3(6)7/h2H,5H2,(H,6,7)/p-1/t2-/m0/s1. The van der Waals surface area contributed by atoms with E-state index in [9.17, 15) is 9.90 Å². The fraction of sp³-hybridized carbons (Fsp3) is 0.333. The van der Waals surface area contributed by atoms with Gasteiger partial charge in [0.2, 0.25) is 0 Å². The molecule has 0 heterocycles. The Morgan fingerprint density at radius 1 is 2.00 bits per heavy atom. The number of carbonyl (C=O) groups excluding carboxylic acids is 1. The second kappa shape index (κ2) is 2.16. The van der Waals surface area contributed by atoms with E-state index < -0.39 is 12.0 Å². The van der Waals surface area contributed by atoms with E-state index in [4.69, 9.17) is 5.26 Å². The van der Waals surface area contributed by atoms with E-state index in [-0.39, 0.29) is 0 Å². The Hall–Kier alpha value is -1.08. The molecule has 0 radical (unpaired) electrons. The summed E-state index contributed by atoms with van der Waals surface area (Å²) >= 11 is 0. The Balaban J connectivity index is 3.63. The molecule has 0 rings (SSSR count). The molecule has 1 atom stereocenters. The molecule has 0 spiro atoms. The lowest BCUT2D eigenvalue weighted by Gasteiger charge is -1.98. The van der Waals surface area contributed by atoms with Gasteiger partial charge in [-0.25, -0.2) is 0 Å². The van der Waals surface area contributed by atoms with Crippen molar-refractivity contribution >= 4 is 5.97 Å². The molecule has 0 saturated carbocycles. The first kappa shape index (κ1) is 5.92. The van der Waals surface area contributed by atoms with Crippen molar-refractivity contribution in [3.8, 4) is 6.07 Å². The monoisotopic (exact) mass is 99.0 g/mol. The highest BCUT2D eigenvalue weighted by Crippen LogP contribution is 1.64. The van der Waals surface area contributed by atoms with Gasteiger partial charge < -0.3 is 15.6 Å². The minimum Gasteiger partial charge on any atom is -0.547 e. The molecule has 4 heteroatoms. The maximum Gasteiger partial charge on any atom is 0.133 e. The van der Waals surface area contributed by atoms with E-state index in [1.54, 1.807) is 0 Å². The molecular weight excluding hydrogens is 96.0 g/mol. The summed E-state index contributed by atoms with van der Waals surface area (Å²) in [7, 11) is 0. The van der Waals surface area contributed by atoms with Gasteiger partial charge in [-0.3, -0.25) is 0 Å². The fourth-order valence-corrected chi connectivity index (χ4v) is 0.0527. The highest BCUT2D eigenvalue weighted by Gasteiger charge is 1.95. The van der Waals surface area contributed by atoms with Gasteiger partial charge in [0.05, 0.1) is 12.0 Å². The molecule has 2 N–H and O–H groups in total. The van der Waals surface area contributed by atoms with Gasteiger partial charge in [0.15, 0.2) is 0 Å². The van der Waals surface area contributed by atoms with Gasteiger partial charge in [-0.2, -0.15) is 5.26 Å². The molecule has 38 valence electrons. The number of aliphatic carboxylic acids is 1. The van der Waals surface area contributed by atoms with E-state index in [0.717, 1.165) is 0 Å². The van der Waals surface area contributed by atoms with Crippen molar-refractivity contribution in [3.05, 3.63) is 0 Å². The molecule has 0 amide bonds. The van der Waals surface area contributed by atoms with Crippen LogP contribution in [0.3, 0.4) is 0 Å². The Morgan fingerprint density at radius 3 is 2.43 bits per heavy atom. The van der Waals surface area contributed by atoms with Crippen LogP contribution >= 0.6 is 0 Å². The molecule has 0 aromatic carbocycles. The molecule has 0 aliphatic heterocycles. The second-order valence-corrected chi connectivity index (χ2v) is 0.926. The molecule has 0 saturated heterocycles. The average Bonchev–Trinajstić information content (AvgIpc) is 1.65. The molecule has 0 aromatic rings. The SMILES string of the molecule is N#C[C@H](N)C(=O)[O-]. The van der Waals surface area contributed by atoms with Crippen LogP contribution in [0, 0.1) is 11.3 Å². The minimum absolute atomic E-state index is 1.28. The minimum atomic E-state index is -1.54.